The summed E-state index contributed by atoms with van der Waals surface area (Å²) in [5.41, 5.74) is 0. The molecule has 0 aromatic carbocycles. The van der Waals surface area contributed by atoms with E-state index in [-0.39, 0.29) is 0 Å². The van der Waals surface area contributed by atoms with Gasteiger partial charge in [0.25, 0.3) is 0 Å². The van der Waals surface area contributed by atoms with Crippen LogP contribution in [0.5, 0.6) is 0 Å². The molecule has 0 aromatic heterocycles. The summed E-state index contributed by atoms with van der Waals surface area (Å²) in [7, 11) is 1.09. The quantitative estimate of drug-likeness (QED) is 0.341. The van der Waals surface area contributed by atoms with Gasteiger partial charge >= 0.3 is 0 Å². The van der Waals surface area contributed by atoms with Gasteiger partial charge in [-0.15, -0.1) is 8.58 Å². The van der Waals surface area contributed by atoms with E-state index in [0.29, 0.717) is 0 Å². The van der Waals surface area contributed by atoms with Crippen LogP contribution in [0.3, 0.4) is 0 Å². The summed E-state index contributed by atoms with van der Waals surface area (Å²) in [6.07, 6.45) is 2.44. The average Bonchev–Trinajstić information content (AvgIpc) is 1.86. The molecule has 0 spiro atoms. The Morgan fingerprint density at radius 1 is 1.67 bits per heavy atom. The van der Waals surface area contributed by atoms with Gasteiger partial charge in [-0.3, -0.25) is 5.84 Å². The van der Waals surface area contributed by atoms with Crippen molar-refractivity contribution in [1.29, 1.82) is 0 Å². The fourth-order valence-electron chi connectivity index (χ4n) is 0.524. The van der Waals surface area contributed by atoms with Gasteiger partial charge in [0.2, 0.25) is 0 Å². The van der Waals surface area contributed by atoms with Crippen molar-refractivity contribution in [3.8, 4) is 0 Å². The Balaban J connectivity index is 2.18. The van der Waals surface area contributed by atoms with Crippen LogP contribution < -0.4 is 5.84 Å². The number of hydrogen-bond acceptors (Lipinski definition) is 2. The van der Waals surface area contributed by atoms with E-state index in [4.69, 9.17) is 5.84 Å². The highest BCUT2D eigenvalue weighted by Gasteiger charge is 2.03. The maximum atomic E-state index is 5.38. The summed E-state index contributed by atoms with van der Waals surface area (Å²) < 4.78 is 0. The fraction of sp³-hybridized carbons (Fsp3) is 1.00. The van der Waals surface area contributed by atoms with Crippen LogP contribution in [0.15, 0.2) is 0 Å². The van der Waals surface area contributed by atoms with E-state index >= 15 is 0 Å². The second kappa shape index (κ2) is 1.87. The Hall–Kier alpha value is 0.350. The largest absolute Gasteiger partial charge is 0.268 e. The van der Waals surface area contributed by atoms with Crippen molar-refractivity contribution in [2.24, 2.45) is 5.84 Å². The molecule has 1 heterocycles. The van der Waals surface area contributed by atoms with E-state index in [1.807, 2.05) is 5.01 Å². The van der Waals surface area contributed by atoms with Crippen LogP contribution in [0.25, 0.3) is 0 Å². The molecule has 1 rings (SSSR count). The van der Waals surface area contributed by atoms with Gasteiger partial charge in [0.1, 0.15) is 0 Å². The standard InChI is InChI=1S/C3H9N2P/c4-5-1-2-6-3-5/h6H,1-4H2. The molecule has 0 saturated carbocycles. The van der Waals surface area contributed by atoms with E-state index < -0.39 is 0 Å². The Morgan fingerprint density at radius 2 is 2.50 bits per heavy atom. The van der Waals surface area contributed by atoms with Gasteiger partial charge in [0.15, 0.2) is 0 Å². The average molecular weight is 104 g/mol. The van der Waals surface area contributed by atoms with Crippen LogP contribution in [-0.4, -0.2) is 24.0 Å². The highest BCUT2D eigenvalue weighted by atomic mass is 31.1. The van der Waals surface area contributed by atoms with E-state index in [9.17, 15) is 0 Å². The molecular weight excluding hydrogens is 95.0 g/mol. The molecule has 0 aliphatic carbocycles. The van der Waals surface area contributed by atoms with Gasteiger partial charge in [-0.25, -0.2) is 5.01 Å². The monoisotopic (exact) mass is 104 g/mol. The lowest BCUT2D eigenvalue weighted by molar-refractivity contribution is 0.373. The van der Waals surface area contributed by atoms with Crippen LogP contribution in [0, 0.1) is 0 Å². The van der Waals surface area contributed by atoms with Crippen LogP contribution >= 0.6 is 8.58 Å². The van der Waals surface area contributed by atoms with Crippen LogP contribution in [0.2, 0.25) is 0 Å². The molecular formula is C3H9N2P. The van der Waals surface area contributed by atoms with E-state index in [0.717, 1.165) is 21.4 Å². The van der Waals surface area contributed by atoms with Crippen molar-refractivity contribution < 1.29 is 0 Å². The van der Waals surface area contributed by atoms with Gasteiger partial charge in [-0.2, -0.15) is 0 Å². The fourth-order valence-corrected chi connectivity index (χ4v) is 1.57. The third-order valence-corrected chi connectivity index (χ3v) is 2.10. The Kier molecular flexibility index (Phi) is 1.41. The van der Waals surface area contributed by atoms with Crippen LogP contribution in [0.4, 0.5) is 0 Å². The minimum absolute atomic E-state index is 1.09. The molecule has 3 heteroatoms. The van der Waals surface area contributed by atoms with Crippen molar-refractivity contribution >= 4 is 8.58 Å². The smallest absolute Gasteiger partial charge is 0.0300 e. The number of nitrogens with zero attached hydrogens (tertiary/aromatic N) is 1. The molecule has 0 aromatic rings. The van der Waals surface area contributed by atoms with Crippen molar-refractivity contribution in [3.05, 3.63) is 0 Å². The minimum atomic E-state index is 1.09. The maximum absolute atomic E-state index is 5.38. The highest BCUT2D eigenvalue weighted by Crippen LogP contribution is 2.15. The first kappa shape index (κ1) is 4.51. The van der Waals surface area contributed by atoms with Crippen LogP contribution in [0.1, 0.15) is 0 Å². The molecule has 36 valence electrons. The number of nitrogens with two attached hydrogens (primary N) is 1. The van der Waals surface area contributed by atoms with Gasteiger partial charge < -0.3 is 0 Å². The molecule has 1 fully saturated rings. The molecule has 0 bridgehead atoms. The maximum Gasteiger partial charge on any atom is 0.0300 e. The lowest BCUT2D eigenvalue weighted by Gasteiger charge is -2.00. The van der Waals surface area contributed by atoms with E-state index in [2.05, 4.69) is 0 Å². The SMILES string of the molecule is NN1CCPC1. The normalized spacial score (nSPS) is 29.5. The van der Waals surface area contributed by atoms with Crippen molar-refractivity contribution in [2.45, 2.75) is 0 Å². The first-order valence-corrected chi connectivity index (χ1v) is 3.51. The molecule has 1 atom stereocenters. The Bertz CT molecular complexity index is 42.1. The zero-order valence-corrected chi connectivity index (χ0v) is 4.65. The van der Waals surface area contributed by atoms with E-state index in [1.54, 1.807) is 0 Å². The zero-order chi connectivity index (χ0) is 4.41. The summed E-state index contributed by atoms with van der Waals surface area (Å²) in [4.78, 5) is 0. The first-order valence-electron chi connectivity index (χ1n) is 2.10. The lowest BCUT2D eigenvalue weighted by atomic mass is 10.7. The second-order valence-electron chi connectivity index (χ2n) is 1.47. The van der Waals surface area contributed by atoms with Gasteiger partial charge in [-0.05, 0) is 6.16 Å². The molecule has 2 nitrogen and oxygen atoms in total. The third-order valence-electron chi connectivity index (χ3n) is 0.891. The Morgan fingerprint density at radius 3 is 2.67 bits per heavy atom. The molecule has 1 saturated heterocycles. The summed E-state index contributed by atoms with van der Waals surface area (Å²) in [6.45, 7) is 1.11. The van der Waals surface area contributed by atoms with Crippen molar-refractivity contribution in [3.63, 3.8) is 0 Å². The minimum Gasteiger partial charge on any atom is -0.268 e. The molecule has 0 amide bonds. The number of hydrazine groups is 1. The van der Waals surface area contributed by atoms with Gasteiger partial charge in [0, 0.05) is 12.8 Å². The van der Waals surface area contributed by atoms with Crippen molar-refractivity contribution in [1.82, 2.24) is 5.01 Å². The first-order chi connectivity index (χ1) is 2.89. The topological polar surface area (TPSA) is 29.3 Å². The second-order valence-corrected chi connectivity index (χ2v) is 2.79. The molecule has 0 radical (unpaired) electrons. The molecule has 1 aliphatic heterocycles. The highest BCUT2D eigenvalue weighted by molar-refractivity contribution is 7.38. The number of hydrogen-bond donors (Lipinski definition) is 1. The summed E-state index contributed by atoms with van der Waals surface area (Å²) >= 11 is 0. The number of rotatable bonds is 0. The van der Waals surface area contributed by atoms with Gasteiger partial charge in [0.05, 0.1) is 0 Å². The third kappa shape index (κ3) is 0.904. The molecule has 2 N–H and O–H groups in total. The predicted molar refractivity (Wildman–Crippen MR) is 28.9 cm³/mol. The molecule has 1 aliphatic rings. The summed E-state index contributed by atoms with van der Waals surface area (Å²) in [6, 6.07) is 0. The molecule has 1 unspecified atom stereocenters. The van der Waals surface area contributed by atoms with Crippen LogP contribution in [-0.2, 0) is 0 Å². The molecule has 6 heavy (non-hydrogen) atoms. The van der Waals surface area contributed by atoms with Crippen molar-refractivity contribution in [2.75, 3.05) is 19.0 Å². The Labute approximate surface area is 39.4 Å². The van der Waals surface area contributed by atoms with E-state index in [1.165, 1.54) is 6.16 Å². The summed E-state index contributed by atoms with van der Waals surface area (Å²) in [5.74, 6) is 5.38. The zero-order valence-electron chi connectivity index (χ0n) is 3.65. The summed E-state index contributed by atoms with van der Waals surface area (Å²) in [5, 5.41) is 1.87. The predicted octanol–water partition coefficient (Wildman–Crippen LogP) is -0.188. The lowest BCUT2D eigenvalue weighted by Crippen LogP contribution is -2.26. The van der Waals surface area contributed by atoms with Gasteiger partial charge in [-0.1, -0.05) is 0 Å².